The van der Waals surface area contributed by atoms with E-state index in [9.17, 15) is 18.7 Å². The average molecular weight is 310 g/mol. The largest absolute Gasteiger partial charge is 0.434 e. The maximum absolute atomic E-state index is 12.4. The molecule has 7 heteroatoms. The second-order valence-corrected chi connectivity index (χ2v) is 5.62. The number of alkyl halides is 2. The van der Waals surface area contributed by atoms with Crippen molar-refractivity contribution in [1.29, 1.82) is 0 Å². The lowest BCUT2D eigenvalue weighted by atomic mass is 10.1. The third-order valence-electron chi connectivity index (χ3n) is 4.00. The van der Waals surface area contributed by atoms with Gasteiger partial charge in [0.1, 0.15) is 11.4 Å². The van der Waals surface area contributed by atoms with Gasteiger partial charge in [-0.1, -0.05) is 6.07 Å². The van der Waals surface area contributed by atoms with Crippen molar-refractivity contribution >= 4 is 16.8 Å². The minimum absolute atomic E-state index is 0.0248. The number of aliphatic hydroxyl groups excluding tert-OH is 1. The fraction of sp³-hybridized carbons (Fsp3) is 0.400. The van der Waals surface area contributed by atoms with Gasteiger partial charge in [-0.05, 0) is 31.0 Å². The second kappa shape index (κ2) is 5.57. The summed E-state index contributed by atoms with van der Waals surface area (Å²) in [5.41, 5.74) is 0.631. The Labute approximate surface area is 125 Å². The van der Waals surface area contributed by atoms with E-state index >= 15 is 0 Å². The summed E-state index contributed by atoms with van der Waals surface area (Å²) in [6, 6.07) is 6.17. The molecule has 0 aliphatic heterocycles. The standard InChI is InChI=1S/C15H16F2N2O3/c16-14(17)22-12-3-1-2-10-9(12)6-11(19-10)13(21)18-7-15(8-20)4-5-15/h1-3,6,14,19-20H,4-5,7-8H2,(H,18,21). The van der Waals surface area contributed by atoms with E-state index in [1.165, 1.54) is 12.1 Å². The van der Waals surface area contributed by atoms with E-state index in [0.29, 0.717) is 17.4 Å². The number of fused-ring (bicyclic) bond motifs is 1. The van der Waals surface area contributed by atoms with Crippen molar-refractivity contribution in [2.45, 2.75) is 19.5 Å². The van der Waals surface area contributed by atoms with Crippen LogP contribution in [0.5, 0.6) is 5.75 Å². The van der Waals surface area contributed by atoms with Gasteiger partial charge in [0.25, 0.3) is 5.91 Å². The van der Waals surface area contributed by atoms with E-state index in [1.807, 2.05) is 0 Å². The fourth-order valence-electron chi connectivity index (χ4n) is 2.38. The second-order valence-electron chi connectivity index (χ2n) is 5.62. The predicted molar refractivity (Wildman–Crippen MR) is 76.0 cm³/mol. The van der Waals surface area contributed by atoms with Crippen LogP contribution in [0.25, 0.3) is 10.9 Å². The molecule has 0 radical (unpaired) electrons. The number of aromatic nitrogens is 1. The molecule has 3 N–H and O–H groups in total. The molecule has 1 amide bonds. The number of carbonyl (C=O) groups is 1. The highest BCUT2D eigenvalue weighted by Crippen LogP contribution is 2.44. The molecule has 1 aromatic heterocycles. The number of halogens is 2. The molecule has 1 aliphatic carbocycles. The van der Waals surface area contributed by atoms with Crippen LogP contribution in [-0.2, 0) is 0 Å². The zero-order chi connectivity index (χ0) is 15.7. The first-order valence-electron chi connectivity index (χ1n) is 6.99. The van der Waals surface area contributed by atoms with Crippen molar-refractivity contribution in [3.05, 3.63) is 30.0 Å². The zero-order valence-corrected chi connectivity index (χ0v) is 11.7. The third-order valence-corrected chi connectivity index (χ3v) is 4.00. The topological polar surface area (TPSA) is 74.3 Å². The van der Waals surface area contributed by atoms with Gasteiger partial charge in [-0.15, -0.1) is 0 Å². The molecule has 0 atom stereocenters. The highest BCUT2D eigenvalue weighted by molar-refractivity contribution is 5.99. The zero-order valence-electron chi connectivity index (χ0n) is 11.7. The monoisotopic (exact) mass is 310 g/mol. The summed E-state index contributed by atoms with van der Waals surface area (Å²) in [5.74, 6) is -0.309. The first kappa shape index (κ1) is 14.8. The highest BCUT2D eigenvalue weighted by Gasteiger charge is 2.42. The molecule has 0 spiro atoms. The van der Waals surface area contributed by atoms with Crippen LogP contribution in [0.2, 0.25) is 0 Å². The number of H-pyrrole nitrogens is 1. The van der Waals surface area contributed by atoms with Crippen LogP contribution in [0.4, 0.5) is 8.78 Å². The Hall–Kier alpha value is -2.15. The average Bonchev–Trinajstić information content (AvgIpc) is 3.14. The Morgan fingerprint density at radius 1 is 1.45 bits per heavy atom. The number of rotatable bonds is 6. The molecule has 1 heterocycles. The molecule has 5 nitrogen and oxygen atoms in total. The number of aliphatic hydroxyl groups is 1. The molecule has 1 aromatic carbocycles. The maximum atomic E-state index is 12.4. The van der Waals surface area contributed by atoms with Gasteiger partial charge in [0.05, 0.1) is 6.61 Å². The van der Waals surface area contributed by atoms with Gasteiger partial charge in [-0.2, -0.15) is 8.78 Å². The lowest BCUT2D eigenvalue weighted by molar-refractivity contribution is -0.0487. The Morgan fingerprint density at radius 3 is 2.86 bits per heavy atom. The third kappa shape index (κ3) is 2.89. The van der Waals surface area contributed by atoms with Crippen LogP contribution in [0.1, 0.15) is 23.3 Å². The summed E-state index contributed by atoms with van der Waals surface area (Å²) < 4.78 is 29.2. The van der Waals surface area contributed by atoms with Gasteiger partial charge in [0, 0.05) is 22.9 Å². The lowest BCUT2D eigenvalue weighted by Crippen LogP contribution is -2.32. The van der Waals surface area contributed by atoms with Gasteiger partial charge in [0.2, 0.25) is 0 Å². The summed E-state index contributed by atoms with van der Waals surface area (Å²) in [6.07, 6.45) is 1.78. The summed E-state index contributed by atoms with van der Waals surface area (Å²) in [5, 5.41) is 12.4. The Morgan fingerprint density at radius 2 is 2.23 bits per heavy atom. The quantitative estimate of drug-likeness (QED) is 0.766. The molecular weight excluding hydrogens is 294 g/mol. The normalized spacial score (nSPS) is 16.0. The number of hydrogen-bond acceptors (Lipinski definition) is 3. The highest BCUT2D eigenvalue weighted by atomic mass is 19.3. The van der Waals surface area contributed by atoms with E-state index in [0.717, 1.165) is 12.8 Å². The molecule has 1 fully saturated rings. The molecule has 3 rings (SSSR count). The number of nitrogens with one attached hydrogen (secondary N) is 2. The number of ether oxygens (including phenoxy) is 1. The van der Waals surface area contributed by atoms with Crippen molar-refractivity contribution in [2.24, 2.45) is 5.41 Å². The first-order chi connectivity index (χ1) is 10.5. The minimum atomic E-state index is -2.92. The molecule has 2 aromatic rings. The molecule has 0 unspecified atom stereocenters. The van der Waals surface area contributed by atoms with E-state index in [4.69, 9.17) is 0 Å². The Kier molecular flexibility index (Phi) is 3.74. The number of carbonyl (C=O) groups excluding carboxylic acids is 1. The number of amides is 1. The molecular formula is C15H16F2N2O3. The SMILES string of the molecule is O=C(NCC1(CO)CC1)c1cc2c(OC(F)F)cccc2[nH]1. The van der Waals surface area contributed by atoms with Crippen molar-refractivity contribution < 1.29 is 23.4 Å². The fourth-order valence-corrected chi connectivity index (χ4v) is 2.38. The van der Waals surface area contributed by atoms with Gasteiger partial charge in [0.15, 0.2) is 0 Å². The molecule has 0 bridgehead atoms. The molecule has 22 heavy (non-hydrogen) atoms. The molecule has 0 saturated heterocycles. The molecule has 1 saturated carbocycles. The minimum Gasteiger partial charge on any atom is -0.434 e. The van der Waals surface area contributed by atoms with Gasteiger partial charge >= 0.3 is 6.61 Å². The summed E-state index contributed by atoms with van der Waals surface area (Å²) in [6.45, 7) is -2.47. The summed E-state index contributed by atoms with van der Waals surface area (Å²) in [7, 11) is 0. The lowest BCUT2D eigenvalue weighted by Gasteiger charge is -2.11. The van der Waals surface area contributed by atoms with E-state index < -0.39 is 6.61 Å². The maximum Gasteiger partial charge on any atom is 0.387 e. The number of benzene rings is 1. The van der Waals surface area contributed by atoms with Crippen molar-refractivity contribution in [2.75, 3.05) is 13.2 Å². The van der Waals surface area contributed by atoms with E-state index in [2.05, 4.69) is 15.0 Å². The van der Waals surface area contributed by atoms with E-state index in [1.54, 1.807) is 12.1 Å². The Balaban J connectivity index is 1.78. The summed E-state index contributed by atoms with van der Waals surface area (Å²) >= 11 is 0. The number of aromatic amines is 1. The molecule has 1 aliphatic rings. The van der Waals surface area contributed by atoms with Crippen LogP contribution in [0.3, 0.4) is 0 Å². The van der Waals surface area contributed by atoms with Crippen LogP contribution in [0.15, 0.2) is 24.3 Å². The number of hydrogen-bond donors (Lipinski definition) is 3. The van der Waals surface area contributed by atoms with Crippen molar-refractivity contribution in [3.63, 3.8) is 0 Å². The van der Waals surface area contributed by atoms with Crippen LogP contribution in [-0.4, -0.2) is 35.8 Å². The Bertz CT molecular complexity index is 695. The van der Waals surface area contributed by atoms with Crippen LogP contribution in [0, 0.1) is 5.41 Å². The molecule has 118 valence electrons. The van der Waals surface area contributed by atoms with Crippen LogP contribution >= 0.6 is 0 Å². The predicted octanol–water partition coefficient (Wildman–Crippen LogP) is 2.27. The van der Waals surface area contributed by atoms with E-state index in [-0.39, 0.29) is 29.4 Å². The van der Waals surface area contributed by atoms with Crippen molar-refractivity contribution in [3.8, 4) is 5.75 Å². The van der Waals surface area contributed by atoms with Gasteiger partial charge in [-0.25, -0.2) is 0 Å². The smallest absolute Gasteiger partial charge is 0.387 e. The summed E-state index contributed by atoms with van der Waals surface area (Å²) in [4.78, 5) is 15.0. The van der Waals surface area contributed by atoms with Crippen LogP contribution < -0.4 is 10.1 Å². The van der Waals surface area contributed by atoms with Gasteiger partial charge < -0.3 is 20.1 Å². The van der Waals surface area contributed by atoms with Crippen molar-refractivity contribution in [1.82, 2.24) is 10.3 Å². The first-order valence-corrected chi connectivity index (χ1v) is 6.99. The van der Waals surface area contributed by atoms with Gasteiger partial charge in [-0.3, -0.25) is 4.79 Å².